The molecular weight excluding hydrogens is 299 g/mol. The number of aromatic nitrogens is 2. The zero-order valence-electron chi connectivity index (χ0n) is 10.6. The minimum absolute atomic E-state index is 0. The Labute approximate surface area is 166 Å². The summed E-state index contributed by atoms with van der Waals surface area (Å²) in [4.78, 5) is 8.03. The second-order valence-corrected chi connectivity index (χ2v) is 4.39. The molecule has 5 nitrogen and oxygen atoms in total. The molecule has 1 aromatic carbocycles. The molecule has 1 aromatic heterocycles. The van der Waals surface area contributed by atoms with E-state index >= 15 is 0 Å². The van der Waals surface area contributed by atoms with Crippen molar-refractivity contribution in [1.82, 2.24) is 9.97 Å². The molecule has 1 heterocycles. The van der Waals surface area contributed by atoms with Gasteiger partial charge in [-0.1, -0.05) is 18.2 Å². The summed E-state index contributed by atoms with van der Waals surface area (Å²) >= 11 is 4.04. The van der Waals surface area contributed by atoms with E-state index in [1.165, 1.54) is 0 Å². The predicted octanol–water partition coefficient (Wildman–Crippen LogP) is 1.27. The zero-order valence-corrected chi connectivity index (χ0v) is 11.5. The fourth-order valence-electron chi connectivity index (χ4n) is 1.82. The first-order valence-electron chi connectivity index (χ1n) is 5.93. The molecule has 4 N–H and O–H groups in total. The van der Waals surface area contributed by atoms with Crippen molar-refractivity contribution in [3.05, 3.63) is 35.4 Å². The van der Waals surface area contributed by atoms with E-state index in [9.17, 15) is 0 Å². The summed E-state index contributed by atoms with van der Waals surface area (Å²) in [6.07, 6.45) is 0.530. The summed E-state index contributed by atoms with van der Waals surface area (Å²) in [7, 11) is 0. The Morgan fingerprint density at radius 1 is 1.15 bits per heavy atom. The third kappa shape index (κ3) is 4.34. The van der Waals surface area contributed by atoms with Crippen LogP contribution < -0.4 is 16.2 Å². The summed E-state index contributed by atoms with van der Waals surface area (Å²) in [6, 6.07) is 7.75. The molecule has 0 aliphatic heterocycles. The third-order valence-electron chi connectivity index (χ3n) is 2.70. The van der Waals surface area contributed by atoms with Crippen molar-refractivity contribution in [3.8, 4) is 5.75 Å². The number of thiol groups is 1. The van der Waals surface area contributed by atoms with Gasteiger partial charge >= 0.3 is 51.4 Å². The number of nitrogens with zero attached hydrogens (tertiary/aromatic N) is 2. The van der Waals surface area contributed by atoms with Crippen LogP contribution in [0, 0.1) is 0 Å². The topological polar surface area (TPSA) is 87.0 Å². The van der Waals surface area contributed by atoms with Gasteiger partial charge in [-0.25, -0.2) is 9.97 Å². The Hall–Kier alpha value is -0.314. The summed E-state index contributed by atoms with van der Waals surface area (Å²) in [6.45, 7) is 2.55. The molecule has 102 valence electrons. The first-order chi connectivity index (χ1) is 9.11. The molecule has 2 aromatic rings. The number of ether oxygens (including phenoxy) is 1. The van der Waals surface area contributed by atoms with Crippen LogP contribution in [-0.4, -0.2) is 68.0 Å². The van der Waals surface area contributed by atoms with Crippen molar-refractivity contribution in [1.29, 1.82) is 0 Å². The number of benzene rings is 1. The van der Waals surface area contributed by atoms with Crippen molar-refractivity contribution >= 4 is 75.6 Å². The molecule has 0 aliphatic carbocycles. The molecule has 0 spiro atoms. The molecule has 0 saturated heterocycles. The number of hydrogen-bond donors (Lipinski definition) is 3. The van der Waals surface area contributed by atoms with Crippen LogP contribution in [-0.2, 0) is 6.42 Å². The second-order valence-electron chi connectivity index (χ2n) is 3.99. The van der Waals surface area contributed by atoms with Crippen LogP contribution in [0.25, 0.3) is 0 Å². The van der Waals surface area contributed by atoms with Crippen LogP contribution >= 0.6 is 12.6 Å². The molecule has 0 amide bonds. The molecule has 0 bridgehead atoms. The maximum atomic E-state index is 5.87. The average Bonchev–Trinajstić information content (AvgIpc) is 2.36. The molecule has 20 heavy (non-hydrogen) atoms. The van der Waals surface area contributed by atoms with E-state index in [2.05, 4.69) is 22.6 Å². The van der Waals surface area contributed by atoms with E-state index in [1.54, 1.807) is 0 Å². The predicted molar refractivity (Wildman–Crippen MR) is 85.7 cm³/mol. The monoisotopic (exact) mass is 316 g/mol. The van der Waals surface area contributed by atoms with Crippen LogP contribution in [0.2, 0.25) is 0 Å². The Balaban J connectivity index is 0.00000200. The van der Waals surface area contributed by atoms with Gasteiger partial charge in [-0.3, -0.25) is 0 Å². The van der Waals surface area contributed by atoms with Gasteiger partial charge in [0.25, 0.3) is 0 Å². The Bertz CT molecular complexity index is 571. The number of rotatable bonds is 4. The van der Waals surface area contributed by atoms with Gasteiger partial charge in [-0.15, -0.1) is 12.6 Å². The van der Waals surface area contributed by atoms with E-state index in [1.807, 2.05) is 31.2 Å². The van der Waals surface area contributed by atoms with Gasteiger partial charge in [0.15, 0.2) is 5.16 Å². The average molecular weight is 316 g/mol. The van der Waals surface area contributed by atoms with Gasteiger partial charge in [-0.2, -0.15) is 0 Å². The molecular formula is C13H17KN4OS. The summed E-state index contributed by atoms with van der Waals surface area (Å²) in [5.74, 6) is 1.52. The van der Waals surface area contributed by atoms with Crippen LogP contribution in [0.1, 0.15) is 18.1 Å². The molecule has 0 atom stereocenters. The number of nitrogen functional groups attached to an aromatic ring is 2. The van der Waals surface area contributed by atoms with Crippen molar-refractivity contribution in [2.75, 3.05) is 18.1 Å². The molecule has 0 radical (unpaired) electrons. The van der Waals surface area contributed by atoms with Gasteiger partial charge in [-0.05, 0) is 18.6 Å². The van der Waals surface area contributed by atoms with E-state index in [0.717, 1.165) is 11.3 Å². The van der Waals surface area contributed by atoms with Gasteiger partial charge < -0.3 is 16.2 Å². The number of anilines is 2. The van der Waals surface area contributed by atoms with Crippen LogP contribution in [0.5, 0.6) is 5.75 Å². The van der Waals surface area contributed by atoms with Crippen LogP contribution in [0.3, 0.4) is 0 Å². The Morgan fingerprint density at radius 2 is 1.75 bits per heavy atom. The zero-order chi connectivity index (χ0) is 13.8. The first kappa shape index (κ1) is 17.7. The Morgan fingerprint density at radius 3 is 2.35 bits per heavy atom. The fourth-order valence-corrected chi connectivity index (χ4v) is 2.04. The summed E-state index contributed by atoms with van der Waals surface area (Å²) in [5.41, 5.74) is 13.4. The van der Waals surface area contributed by atoms with Crippen LogP contribution in [0.4, 0.5) is 11.6 Å². The molecule has 0 unspecified atom stereocenters. The third-order valence-corrected chi connectivity index (χ3v) is 2.90. The molecule has 0 fully saturated rings. The number of para-hydroxylation sites is 1. The Kier molecular flexibility index (Phi) is 7.28. The molecule has 0 aliphatic rings. The maximum absolute atomic E-state index is 5.87. The molecule has 2 rings (SSSR count). The van der Waals surface area contributed by atoms with Gasteiger partial charge in [0.2, 0.25) is 0 Å². The van der Waals surface area contributed by atoms with Gasteiger partial charge in [0.1, 0.15) is 17.4 Å². The fraction of sp³-hybridized carbons (Fsp3) is 0.231. The minimum atomic E-state index is 0. The van der Waals surface area contributed by atoms with Crippen LogP contribution in [0.15, 0.2) is 29.4 Å². The molecule has 7 heteroatoms. The number of hydrogen-bond acceptors (Lipinski definition) is 6. The van der Waals surface area contributed by atoms with E-state index in [0.29, 0.717) is 30.2 Å². The number of nitrogens with two attached hydrogens (primary N) is 2. The van der Waals surface area contributed by atoms with Gasteiger partial charge in [0, 0.05) is 12.0 Å². The summed E-state index contributed by atoms with van der Waals surface area (Å²) in [5, 5.41) is 0.275. The van der Waals surface area contributed by atoms with Crippen molar-refractivity contribution in [2.24, 2.45) is 0 Å². The van der Waals surface area contributed by atoms with Crippen molar-refractivity contribution in [2.45, 2.75) is 18.5 Å². The van der Waals surface area contributed by atoms with Crippen molar-refractivity contribution < 1.29 is 4.74 Å². The summed E-state index contributed by atoms with van der Waals surface area (Å²) < 4.78 is 5.58. The molecule has 0 saturated carbocycles. The van der Waals surface area contributed by atoms with E-state index in [-0.39, 0.29) is 56.5 Å². The quantitative estimate of drug-likeness (QED) is 0.449. The van der Waals surface area contributed by atoms with E-state index < -0.39 is 0 Å². The normalized spacial score (nSPS) is 9.90. The van der Waals surface area contributed by atoms with E-state index in [4.69, 9.17) is 16.2 Å². The first-order valence-corrected chi connectivity index (χ1v) is 6.38. The SMILES string of the molecule is CCOc1ccccc1Cc1c(N)nc(S)nc1N.[KH]. The second kappa shape index (κ2) is 8.21. The van der Waals surface area contributed by atoms with Gasteiger partial charge in [0.05, 0.1) is 6.61 Å². The van der Waals surface area contributed by atoms with Crippen molar-refractivity contribution in [3.63, 3.8) is 0 Å². The standard InChI is InChI=1S/C13H16N4OS.K.H/c1-2-18-10-6-4-3-5-8(10)7-9-11(14)16-13(19)17-12(9)15;;/h3-6H,2,7H2,1H3,(H5,14,15,16,17,19);;.